The molecule has 0 aliphatic heterocycles. The minimum Gasteiger partial charge on any atom is -0.488 e. The SMILES string of the molecule is O=Cc1nc2c(OC3CCCC3)ccnc2o1. The highest BCUT2D eigenvalue weighted by atomic mass is 16.5. The molecule has 17 heavy (non-hydrogen) atoms. The standard InChI is InChI=1S/C12H12N2O3/c15-7-10-14-11-9(5-6-13-12(11)17-10)16-8-3-1-2-4-8/h5-8H,1-4H2. The summed E-state index contributed by atoms with van der Waals surface area (Å²) in [5.74, 6) is 0.689. The highest BCUT2D eigenvalue weighted by Gasteiger charge is 2.19. The molecule has 5 heteroatoms. The number of carbonyl (C=O) groups excluding carboxylic acids is 1. The monoisotopic (exact) mass is 232 g/mol. The van der Waals surface area contributed by atoms with Crippen LogP contribution in [0.5, 0.6) is 5.75 Å². The largest absolute Gasteiger partial charge is 0.488 e. The quantitative estimate of drug-likeness (QED) is 0.760. The van der Waals surface area contributed by atoms with Gasteiger partial charge in [0, 0.05) is 12.3 Å². The predicted molar refractivity (Wildman–Crippen MR) is 60.1 cm³/mol. The second kappa shape index (κ2) is 4.16. The summed E-state index contributed by atoms with van der Waals surface area (Å²) in [5, 5.41) is 0. The number of hydrogen-bond donors (Lipinski definition) is 0. The summed E-state index contributed by atoms with van der Waals surface area (Å²) < 4.78 is 11.0. The van der Waals surface area contributed by atoms with Crippen molar-refractivity contribution in [3.05, 3.63) is 18.2 Å². The maximum Gasteiger partial charge on any atom is 0.262 e. The Morgan fingerprint density at radius 2 is 2.24 bits per heavy atom. The molecule has 0 radical (unpaired) electrons. The molecule has 2 aromatic heterocycles. The van der Waals surface area contributed by atoms with Gasteiger partial charge in [-0.25, -0.2) is 9.97 Å². The molecule has 0 N–H and O–H groups in total. The summed E-state index contributed by atoms with van der Waals surface area (Å²) in [5.41, 5.74) is 0.879. The molecule has 0 bridgehead atoms. The average molecular weight is 232 g/mol. The molecule has 0 unspecified atom stereocenters. The Balaban J connectivity index is 1.96. The van der Waals surface area contributed by atoms with E-state index in [9.17, 15) is 4.79 Å². The Bertz CT molecular complexity index is 544. The Hall–Kier alpha value is -1.91. The maximum absolute atomic E-state index is 10.6. The molecular formula is C12H12N2O3. The molecule has 0 spiro atoms. The molecule has 5 nitrogen and oxygen atoms in total. The molecule has 0 aromatic carbocycles. The number of pyridine rings is 1. The number of rotatable bonds is 3. The molecule has 0 saturated heterocycles. The second-order valence-corrected chi connectivity index (χ2v) is 4.16. The van der Waals surface area contributed by atoms with Crippen molar-refractivity contribution in [1.29, 1.82) is 0 Å². The fourth-order valence-electron chi connectivity index (χ4n) is 2.16. The third-order valence-electron chi connectivity index (χ3n) is 2.97. The number of ether oxygens (including phenoxy) is 1. The number of oxazole rings is 1. The zero-order valence-electron chi connectivity index (χ0n) is 9.26. The van der Waals surface area contributed by atoms with Gasteiger partial charge in [0.2, 0.25) is 6.29 Å². The molecular weight excluding hydrogens is 220 g/mol. The van der Waals surface area contributed by atoms with E-state index < -0.39 is 0 Å². The van der Waals surface area contributed by atoms with E-state index in [0.717, 1.165) is 12.8 Å². The molecule has 0 atom stereocenters. The van der Waals surface area contributed by atoms with Crippen molar-refractivity contribution in [1.82, 2.24) is 9.97 Å². The summed E-state index contributed by atoms with van der Waals surface area (Å²) in [6, 6.07) is 1.76. The van der Waals surface area contributed by atoms with Crippen LogP contribution < -0.4 is 4.74 Å². The molecule has 3 rings (SSSR count). The van der Waals surface area contributed by atoms with Gasteiger partial charge in [-0.1, -0.05) is 0 Å². The van der Waals surface area contributed by atoms with E-state index in [4.69, 9.17) is 9.15 Å². The van der Waals surface area contributed by atoms with Gasteiger partial charge in [0.05, 0.1) is 6.10 Å². The van der Waals surface area contributed by atoms with Crippen LogP contribution in [0.15, 0.2) is 16.7 Å². The van der Waals surface area contributed by atoms with Crippen LogP contribution in [0.3, 0.4) is 0 Å². The van der Waals surface area contributed by atoms with Crippen LogP contribution >= 0.6 is 0 Å². The van der Waals surface area contributed by atoms with Crippen molar-refractivity contribution >= 4 is 17.5 Å². The lowest BCUT2D eigenvalue weighted by Crippen LogP contribution is -2.11. The predicted octanol–water partition coefficient (Wildman–Crippen LogP) is 2.36. The zero-order chi connectivity index (χ0) is 11.7. The molecule has 1 fully saturated rings. The Morgan fingerprint density at radius 1 is 1.41 bits per heavy atom. The first-order valence-electron chi connectivity index (χ1n) is 5.74. The van der Waals surface area contributed by atoms with Gasteiger partial charge in [-0.15, -0.1) is 0 Å². The Kier molecular flexibility index (Phi) is 2.51. The van der Waals surface area contributed by atoms with Crippen molar-refractivity contribution in [2.45, 2.75) is 31.8 Å². The van der Waals surface area contributed by atoms with E-state index in [1.807, 2.05) is 0 Å². The van der Waals surface area contributed by atoms with Crippen molar-refractivity contribution in [2.24, 2.45) is 0 Å². The number of aromatic nitrogens is 2. The highest BCUT2D eigenvalue weighted by molar-refractivity contribution is 5.80. The van der Waals surface area contributed by atoms with Gasteiger partial charge in [0.1, 0.15) is 0 Å². The van der Waals surface area contributed by atoms with Crippen LogP contribution in [0, 0.1) is 0 Å². The van der Waals surface area contributed by atoms with E-state index in [1.54, 1.807) is 12.3 Å². The van der Waals surface area contributed by atoms with Gasteiger partial charge in [0.15, 0.2) is 11.3 Å². The number of fused-ring (bicyclic) bond motifs is 1. The maximum atomic E-state index is 10.6. The van der Waals surface area contributed by atoms with E-state index >= 15 is 0 Å². The number of hydrogen-bond acceptors (Lipinski definition) is 5. The zero-order valence-corrected chi connectivity index (χ0v) is 9.26. The first-order chi connectivity index (χ1) is 8.36. The van der Waals surface area contributed by atoms with Crippen molar-refractivity contribution < 1.29 is 13.9 Å². The van der Waals surface area contributed by atoms with Gasteiger partial charge < -0.3 is 9.15 Å². The van der Waals surface area contributed by atoms with Crippen LogP contribution in [0.1, 0.15) is 36.4 Å². The van der Waals surface area contributed by atoms with E-state index in [2.05, 4.69) is 9.97 Å². The third kappa shape index (κ3) is 1.88. The van der Waals surface area contributed by atoms with Crippen molar-refractivity contribution in [3.8, 4) is 5.75 Å². The Labute approximate surface area is 97.8 Å². The number of carbonyl (C=O) groups is 1. The molecule has 2 heterocycles. The van der Waals surface area contributed by atoms with Crippen molar-refractivity contribution in [3.63, 3.8) is 0 Å². The van der Waals surface area contributed by atoms with Gasteiger partial charge in [0.25, 0.3) is 11.6 Å². The third-order valence-corrected chi connectivity index (χ3v) is 2.97. The Morgan fingerprint density at radius 3 is 3.00 bits per heavy atom. The first kappa shape index (κ1) is 10.3. The molecule has 88 valence electrons. The number of aldehydes is 1. The lowest BCUT2D eigenvalue weighted by Gasteiger charge is -2.12. The van der Waals surface area contributed by atoms with Gasteiger partial charge in [-0.2, -0.15) is 0 Å². The van der Waals surface area contributed by atoms with Crippen LogP contribution in [0.2, 0.25) is 0 Å². The second-order valence-electron chi connectivity index (χ2n) is 4.16. The summed E-state index contributed by atoms with van der Waals surface area (Å²) >= 11 is 0. The van der Waals surface area contributed by atoms with E-state index in [-0.39, 0.29) is 12.0 Å². The van der Waals surface area contributed by atoms with Crippen LogP contribution in [-0.4, -0.2) is 22.4 Å². The molecule has 1 saturated carbocycles. The molecule has 0 amide bonds. The normalized spacial score (nSPS) is 16.5. The van der Waals surface area contributed by atoms with Crippen LogP contribution in [0.25, 0.3) is 11.2 Å². The average Bonchev–Trinajstić information content (AvgIpc) is 2.97. The lowest BCUT2D eigenvalue weighted by molar-refractivity contribution is 0.109. The fourth-order valence-corrected chi connectivity index (χ4v) is 2.16. The van der Waals surface area contributed by atoms with Crippen molar-refractivity contribution in [2.75, 3.05) is 0 Å². The van der Waals surface area contributed by atoms with E-state index in [0.29, 0.717) is 23.3 Å². The summed E-state index contributed by atoms with van der Waals surface area (Å²) in [4.78, 5) is 18.7. The topological polar surface area (TPSA) is 65.2 Å². The van der Waals surface area contributed by atoms with Gasteiger partial charge in [-0.3, -0.25) is 4.79 Å². The van der Waals surface area contributed by atoms with E-state index in [1.165, 1.54) is 12.8 Å². The summed E-state index contributed by atoms with van der Waals surface area (Å²) in [6.45, 7) is 0. The summed E-state index contributed by atoms with van der Waals surface area (Å²) in [6.07, 6.45) is 6.98. The van der Waals surface area contributed by atoms with Gasteiger partial charge >= 0.3 is 0 Å². The highest BCUT2D eigenvalue weighted by Crippen LogP contribution is 2.28. The number of nitrogens with zero attached hydrogens (tertiary/aromatic N) is 2. The molecule has 1 aliphatic rings. The minimum atomic E-state index is 0.0370. The van der Waals surface area contributed by atoms with Crippen LogP contribution in [0.4, 0.5) is 0 Å². The molecule has 1 aliphatic carbocycles. The summed E-state index contributed by atoms with van der Waals surface area (Å²) in [7, 11) is 0. The van der Waals surface area contributed by atoms with Crippen LogP contribution in [-0.2, 0) is 0 Å². The smallest absolute Gasteiger partial charge is 0.262 e. The first-order valence-corrected chi connectivity index (χ1v) is 5.74. The fraction of sp³-hybridized carbons (Fsp3) is 0.417. The molecule has 2 aromatic rings. The lowest BCUT2D eigenvalue weighted by atomic mass is 10.3. The van der Waals surface area contributed by atoms with Gasteiger partial charge in [-0.05, 0) is 25.7 Å². The minimum absolute atomic E-state index is 0.0370.